The predicted octanol–water partition coefficient (Wildman–Crippen LogP) is 1.60. The molecular formula is C16H25ClN6O2S. The lowest BCUT2D eigenvalue weighted by molar-refractivity contribution is 0.144. The number of halogens is 1. The molecule has 1 aliphatic heterocycles. The van der Waals surface area contributed by atoms with Crippen molar-refractivity contribution < 1.29 is 8.42 Å². The number of fused-ring (bicyclic) bond motifs is 1. The Bertz CT molecular complexity index is 949. The van der Waals surface area contributed by atoms with Gasteiger partial charge in [0.1, 0.15) is 16.5 Å². The van der Waals surface area contributed by atoms with Crippen LogP contribution in [0, 0.1) is 25.2 Å². The molecule has 0 radical (unpaired) electrons. The monoisotopic (exact) mass is 400 g/mol. The fourth-order valence-electron chi connectivity index (χ4n) is 3.48. The van der Waals surface area contributed by atoms with Gasteiger partial charge in [-0.3, -0.25) is 0 Å². The number of nitrogens with zero attached hydrogens (tertiary/aromatic N) is 5. The number of anilines is 1. The minimum Gasteiger partial charge on any atom is -0.354 e. The van der Waals surface area contributed by atoms with Crippen molar-refractivity contribution in [2.75, 3.05) is 31.6 Å². The number of nitrogens with two attached hydrogens (primary N) is 1. The first kappa shape index (κ1) is 19.3. The fourth-order valence-corrected chi connectivity index (χ4v) is 4.28. The second-order valence-electron chi connectivity index (χ2n) is 7.78. The molecular weight excluding hydrogens is 376 g/mol. The van der Waals surface area contributed by atoms with E-state index in [0.29, 0.717) is 23.4 Å². The zero-order chi connectivity index (χ0) is 19.4. The van der Waals surface area contributed by atoms with Crippen LogP contribution in [-0.2, 0) is 10.2 Å². The van der Waals surface area contributed by atoms with E-state index in [0.717, 1.165) is 30.0 Å². The molecule has 26 heavy (non-hydrogen) atoms. The van der Waals surface area contributed by atoms with E-state index in [1.54, 1.807) is 4.52 Å². The minimum atomic E-state index is -3.68. The predicted molar refractivity (Wildman–Crippen MR) is 103 cm³/mol. The van der Waals surface area contributed by atoms with E-state index in [1.165, 1.54) is 11.4 Å². The Morgan fingerprint density at radius 3 is 2.58 bits per heavy atom. The van der Waals surface area contributed by atoms with Crippen molar-refractivity contribution in [3.8, 4) is 0 Å². The van der Waals surface area contributed by atoms with Crippen LogP contribution in [0.4, 0.5) is 5.82 Å². The summed E-state index contributed by atoms with van der Waals surface area (Å²) in [7, 11) is -2.16. The Balaban J connectivity index is 1.81. The number of aromatic nitrogens is 3. The van der Waals surface area contributed by atoms with Crippen molar-refractivity contribution in [1.29, 1.82) is 0 Å². The molecule has 1 saturated heterocycles. The van der Waals surface area contributed by atoms with Gasteiger partial charge in [-0.05, 0) is 30.9 Å². The summed E-state index contributed by atoms with van der Waals surface area (Å²) in [6, 6.07) is 1.89. The molecule has 2 aromatic heterocycles. The van der Waals surface area contributed by atoms with Gasteiger partial charge in [0.2, 0.25) is 0 Å². The van der Waals surface area contributed by atoms with Gasteiger partial charge < -0.3 is 4.90 Å². The van der Waals surface area contributed by atoms with Crippen molar-refractivity contribution in [3.05, 3.63) is 22.6 Å². The van der Waals surface area contributed by atoms with Crippen molar-refractivity contribution in [2.45, 2.75) is 27.7 Å². The van der Waals surface area contributed by atoms with Crippen LogP contribution in [0.1, 0.15) is 25.2 Å². The lowest BCUT2D eigenvalue weighted by Crippen LogP contribution is -2.56. The van der Waals surface area contributed by atoms with Crippen LogP contribution < -0.4 is 10.0 Å². The second-order valence-corrected chi connectivity index (χ2v) is 9.83. The van der Waals surface area contributed by atoms with E-state index in [4.69, 9.17) is 16.7 Å². The summed E-state index contributed by atoms with van der Waals surface area (Å²) < 4.78 is 25.9. The minimum absolute atomic E-state index is 0.204. The SMILES string of the molecule is Cc1nc(N2CC(C(C)(C)CN(C)S(N)(=O)=O)C2)c2c(C)cc(Cl)n2n1. The van der Waals surface area contributed by atoms with Crippen LogP contribution >= 0.6 is 11.6 Å². The first-order valence-electron chi connectivity index (χ1n) is 8.41. The fraction of sp³-hybridized carbons (Fsp3) is 0.625. The Hall–Kier alpha value is -1.42. The van der Waals surface area contributed by atoms with Gasteiger partial charge in [-0.1, -0.05) is 25.4 Å². The molecule has 144 valence electrons. The maximum atomic E-state index is 11.5. The third kappa shape index (κ3) is 3.40. The van der Waals surface area contributed by atoms with Crippen LogP contribution in [0.2, 0.25) is 5.15 Å². The van der Waals surface area contributed by atoms with Gasteiger partial charge in [0.05, 0.1) is 0 Å². The summed E-state index contributed by atoms with van der Waals surface area (Å²) in [5, 5.41) is 10.2. The molecule has 8 nitrogen and oxygen atoms in total. The van der Waals surface area contributed by atoms with Gasteiger partial charge in [0.25, 0.3) is 10.2 Å². The normalized spacial score (nSPS) is 16.5. The zero-order valence-electron chi connectivity index (χ0n) is 15.7. The Labute approximate surface area is 159 Å². The van der Waals surface area contributed by atoms with E-state index < -0.39 is 10.2 Å². The van der Waals surface area contributed by atoms with Gasteiger partial charge in [0, 0.05) is 32.6 Å². The molecule has 0 bridgehead atoms. The largest absolute Gasteiger partial charge is 0.354 e. The molecule has 2 N–H and O–H groups in total. The summed E-state index contributed by atoms with van der Waals surface area (Å²) in [5.74, 6) is 1.85. The van der Waals surface area contributed by atoms with Crippen molar-refractivity contribution >= 4 is 33.1 Å². The Morgan fingerprint density at radius 2 is 2.00 bits per heavy atom. The average molecular weight is 401 g/mol. The molecule has 10 heteroatoms. The van der Waals surface area contributed by atoms with Gasteiger partial charge in [-0.15, -0.1) is 0 Å². The average Bonchev–Trinajstić information content (AvgIpc) is 2.69. The molecule has 0 aliphatic carbocycles. The molecule has 0 amide bonds. The lowest BCUT2D eigenvalue weighted by Gasteiger charge is -2.49. The van der Waals surface area contributed by atoms with E-state index >= 15 is 0 Å². The molecule has 2 aromatic rings. The highest BCUT2D eigenvalue weighted by Gasteiger charge is 2.41. The lowest BCUT2D eigenvalue weighted by atomic mass is 9.74. The second kappa shape index (κ2) is 6.33. The Kier molecular flexibility index (Phi) is 4.71. The maximum absolute atomic E-state index is 11.5. The molecule has 0 saturated carbocycles. The zero-order valence-corrected chi connectivity index (χ0v) is 17.3. The third-order valence-electron chi connectivity index (χ3n) is 5.20. The quantitative estimate of drug-likeness (QED) is 0.822. The number of hydrogen-bond donors (Lipinski definition) is 1. The molecule has 0 aromatic carbocycles. The molecule has 0 unspecified atom stereocenters. The summed E-state index contributed by atoms with van der Waals surface area (Å²) in [5.41, 5.74) is 1.74. The highest BCUT2D eigenvalue weighted by Crippen LogP contribution is 2.39. The molecule has 0 atom stereocenters. The van der Waals surface area contributed by atoms with E-state index in [1.807, 2.05) is 19.9 Å². The first-order chi connectivity index (χ1) is 11.9. The summed E-state index contributed by atoms with van der Waals surface area (Å²) in [4.78, 5) is 6.81. The summed E-state index contributed by atoms with van der Waals surface area (Å²) in [6.07, 6.45) is 0. The number of rotatable bonds is 5. The molecule has 0 spiro atoms. The Morgan fingerprint density at radius 1 is 1.38 bits per heavy atom. The number of hydrogen-bond acceptors (Lipinski definition) is 5. The van der Waals surface area contributed by atoms with Crippen LogP contribution in [0.15, 0.2) is 6.07 Å². The van der Waals surface area contributed by atoms with Crippen LogP contribution in [0.25, 0.3) is 5.52 Å². The van der Waals surface area contributed by atoms with Gasteiger partial charge >= 0.3 is 0 Å². The molecule has 3 heterocycles. The van der Waals surface area contributed by atoms with E-state index in [9.17, 15) is 8.42 Å². The smallest absolute Gasteiger partial charge is 0.276 e. The highest BCUT2D eigenvalue weighted by molar-refractivity contribution is 7.86. The van der Waals surface area contributed by atoms with Crippen molar-refractivity contribution in [3.63, 3.8) is 0 Å². The van der Waals surface area contributed by atoms with Crippen LogP contribution in [-0.4, -0.2) is 54.0 Å². The van der Waals surface area contributed by atoms with Gasteiger partial charge in [0.15, 0.2) is 5.82 Å². The van der Waals surface area contributed by atoms with Crippen LogP contribution in [0.3, 0.4) is 0 Å². The van der Waals surface area contributed by atoms with E-state index in [2.05, 4.69) is 28.8 Å². The van der Waals surface area contributed by atoms with E-state index in [-0.39, 0.29) is 5.41 Å². The van der Waals surface area contributed by atoms with Crippen molar-refractivity contribution in [2.24, 2.45) is 16.5 Å². The molecule has 1 fully saturated rings. The summed E-state index contributed by atoms with van der Waals surface area (Å²) >= 11 is 6.27. The first-order valence-corrected chi connectivity index (χ1v) is 10.3. The highest BCUT2D eigenvalue weighted by atomic mass is 35.5. The molecule has 3 rings (SSSR count). The van der Waals surface area contributed by atoms with Gasteiger partial charge in [-0.25, -0.2) is 14.6 Å². The standard InChI is InChI=1S/C16H25ClN6O2S/c1-10-6-13(17)23-14(10)15(19-11(2)20-23)22-7-12(8-22)16(3,4)9-21(5)26(18,24)25/h6,12H,7-9H2,1-5H3,(H2,18,24,25). The van der Waals surface area contributed by atoms with Crippen LogP contribution in [0.5, 0.6) is 0 Å². The van der Waals surface area contributed by atoms with Crippen molar-refractivity contribution in [1.82, 2.24) is 18.9 Å². The molecule has 1 aliphatic rings. The third-order valence-corrected chi connectivity index (χ3v) is 6.47. The van der Waals surface area contributed by atoms with Gasteiger partial charge in [-0.2, -0.15) is 17.8 Å². The topological polar surface area (TPSA) is 96.8 Å². The summed E-state index contributed by atoms with van der Waals surface area (Å²) in [6.45, 7) is 9.93. The maximum Gasteiger partial charge on any atom is 0.276 e. The number of aryl methyl sites for hydroxylation is 2.